The van der Waals surface area contributed by atoms with Crippen molar-refractivity contribution in [1.82, 2.24) is 4.98 Å². The Morgan fingerprint density at radius 1 is 1.29 bits per heavy atom. The van der Waals surface area contributed by atoms with E-state index in [1.807, 2.05) is 13.8 Å². The molecule has 0 radical (unpaired) electrons. The number of aliphatic hydroxyl groups is 1. The Kier molecular flexibility index (Phi) is 5.15. The van der Waals surface area contributed by atoms with Gasteiger partial charge in [0.2, 0.25) is 0 Å². The van der Waals surface area contributed by atoms with Gasteiger partial charge in [-0.15, -0.1) is 0 Å². The summed E-state index contributed by atoms with van der Waals surface area (Å²) in [6, 6.07) is 6.14. The van der Waals surface area contributed by atoms with Crippen molar-refractivity contribution in [3.05, 3.63) is 47.5 Å². The van der Waals surface area contributed by atoms with Gasteiger partial charge >= 0.3 is 0 Å². The van der Waals surface area contributed by atoms with Gasteiger partial charge in [-0.2, -0.15) is 0 Å². The second-order valence-electron chi connectivity index (χ2n) is 5.26. The van der Waals surface area contributed by atoms with Crippen LogP contribution < -0.4 is 5.32 Å². The first kappa shape index (κ1) is 15.7. The van der Waals surface area contributed by atoms with Crippen molar-refractivity contribution in [3.63, 3.8) is 0 Å². The molecule has 0 saturated heterocycles. The van der Waals surface area contributed by atoms with E-state index in [9.17, 15) is 9.50 Å². The van der Waals surface area contributed by atoms with Crippen LogP contribution in [0.1, 0.15) is 13.8 Å². The summed E-state index contributed by atoms with van der Waals surface area (Å²) in [7, 11) is 0. The van der Waals surface area contributed by atoms with Gasteiger partial charge in [0.15, 0.2) is 0 Å². The molecule has 1 aromatic carbocycles. The van der Waals surface area contributed by atoms with Crippen LogP contribution in [-0.4, -0.2) is 22.7 Å². The highest BCUT2D eigenvalue weighted by molar-refractivity contribution is 6.30. The van der Waals surface area contributed by atoms with Gasteiger partial charge < -0.3 is 10.4 Å². The molecule has 2 N–H and O–H groups in total. The normalized spacial score (nSPS) is 12.5. The van der Waals surface area contributed by atoms with Crippen LogP contribution in [-0.2, 0) is 0 Å². The summed E-state index contributed by atoms with van der Waals surface area (Å²) < 4.78 is 13.9. The van der Waals surface area contributed by atoms with E-state index in [0.29, 0.717) is 16.1 Å². The fourth-order valence-electron chi connectivity index (χ4n) is 2.02. The van der Waals surface area contributed by atoms with Crippen molar-refractivity contribution in [1.29, 1.82) is 0 Å². The van der Waals surface area contributed by atoms with Gasteiger partial charge in [0.05, 0.1) is 18.3 Å². The Balaban J connectivity index is 2.31. The second-order valence-corrected chi connectivity index (χ2v) is 5.70. The van der Waals surface area contributed by atoms with Gasteiger partial charge in [-0.1, -0.05) is 25.4 Å². The molecule has 0 fully saturated rings. The van der Waals surface area contributed by atoms with E-state index in [4.69, 9.17) is 11.6 Å². The van der Waals surface area contributed by atoms with E-state index in [-0.39, 0.29) is 24.4 Å². The van der Waals surface area contributed by atoms with Gasteiger partial charge in [0.25, 0.3) is 0 Å². The number of nitrogens with zero attached hydrogens (tertiary/aromatic N) is 1. The molecule has 0 unspecified atom stereocenters. The number of halogens is 2. The van der Waals surface area contributed by atoms with E-state index in [1.54, 1.807) is 24.5 Å². The summed E-state index contributed by atoms with van der Waals surface area (Å²) in [6.45, 7) is 4.05. The predicted molar refractivity (Wildman–Crippen MR) is 84.0 cm³/mol. The summed E-state index contributed by atoms with van der Waals surface area (Å²) in [6.07, 6.45) is 3.24. The van der Waals surface area contributed by atoms with Gasteiger partial charge in [-0.3, -0.25) is 4.98 Å². The lowest BCUT2D eigenvalue weighted by Crippen LogP contribution is -2.29. The first-order valence-corrected chi connectivity index (χ1v) is 7.17. The van der Waals surface area contributed by atoms with Crippen LogP contribution >= 0.6 is 11.6 Å². The molecule has 0 spiro atoms. The minimum Gasteiger partial charge on any atom is -0.394 e. The van der Waals surface area contributed by atoms with E-state index >= 15 is 0 Å². The average molecular weight is 309 g/mol. The molecular weight excluding hydrogens is 291 g/mol. The molecule has 0 aliphatic rings. The number of hydrogen-bond acceptors (Lipinski definition) is 3. The van der Waals surface area contributed by atoms with E-state index in [1.165, 1.54) is 12.1 Å². The van der Waals surface area contributed by atoms with E-state index < -0.39 is 0 Å². The van der Waals surface area contributed by atoms with Crippen LogP contribution in [0.15, 0.2) is 36.7 Å². The van der Waals surface area contributed by atoms with Crippen molar-refractivity contribution in [3.8, 4) is 11.1 Å². The zero-order valence-corrected chi connectivity index (χ0v) is 12.7. The van der Waals surface area contributed by atoms with Crippen molar-refractivity contribution >= 4 is 17.3 Å². The maximum Gasteiger partial charge on any atom is 0.131 e. The molecule has 2 rings (SSSR count). The number of hydrogen-bond donors (Lipinski definition) is 2. The van der Waals surface area contributed by atoms with Crippen molar-refractivity contribution in [2.75, 3.05) is 11.9 Å². The highest BCUT2D eigenvalue weighted by atomic mass is 35.5. The molecule has 3 nitrogen and oxygen atoms in total. The van der Waals surface area contributed by atoms with Gasteiger partial charge in [-0.25, -0.2) is 4.39 Å². The minimum absolute atomic E-state index is 0.0213. The standard InChI is InChI=1S/C16H18ClFN2O/c1-10(2)16(9-21)20-13-5-11(7-19-8-13)14-6-12(17)3-4-15(14)18/h3-8,10,16,20-21H,9H2,1-2H3/t16-/m0/s1. The summed E-state index contributed by atoms with van der Waals surface area (Å²) in [5.41, 5.74) is 1.78. The Hall–Kier alpha value is -1.65. The van der Waals surface area contributed by atoms with Gasteiger partial charge in [0.1, 0.15) is 5.82 Å². The molecule has 2 aromatic rings. The SMILES string of the molecule is CC(C)[C@H](CO)Nc1cncc(-c2cc(Cl)ccc2F)c1. The average Bonchev–Trinajstić information content (AvgIpc) is 2.47. The van der Waals surface area contributed by atoms with Crippen LogP contribution in [0.5, 0.6) is 0 Å². The largest absolute Gasteiger partial charge is 0.394 e. The first-order valence-electron chi connectivity index (χ1n) is 6.79. The fraction of sp³-hybridized carbons (Fsp3) is 0.312. The van der Waals surface area contributed by atoms with E-state index in [0.717, 1.165) is 5.69 Å². The molecule has 1 aromatic heterocycles. The summed E-state index contributed by atoms with van der Waals surface area (Å²) in [5, 5.41) is 13.0. The van der Waals surface area contributed by atoms with Gasteiger partial charge in [-0.05, 0) is 30.2 Å². The summed E-state index contributed by atoms with van der Waals surface area (Å²) in [5.74, 6) is -0.0810. The molecule has 1 heterocycles. The van der Waals surface area contributed by atoms with Crippen molar-refractivity contribution < 1.29 is 9.50 Å². The number of aromatic nitrogens is 1. The number of anilines is 1. The summed E-state index contributed by atoms with van der Waals surface area (Å²) in [4.78, 5) is 4.12. The smallest absolute Gasteiger partial charge is 0.131 e. The summed E-state index contributed by atoms with van der Waals surface area (Å²) >= 11 is 5.92. The first-order chi connectivity index (χ1) is 10.0. The van der Waals surface area contributed by atoms with E-state index in [2.05, 4.69) is 10.3 Å². The maximum atomic E-state index is 13.9. The zero-order valence-electron chi connectivity index (χ0n) is 12.0. The third kappa shape index (κ3) is 3.93. The number of pyridine rings is 1. The minimum atomic E-state index is -0.346. The lowest BCUT2D eigenvalue weighted by molar-refractivity contribution is 0.249. The molecule has 0 aliphatic carbocycles. The van der Waals surface area contributed by atoms with Crippen LogP contribution in [0.2, 0.25) is 5.02 Å². The Bertz CT molecular complexity index is 619. The van der Waals surface area contributed by atoms with Crippen molar-refractivity contribution in [2.24, 2.45) is 5.92 Å². The van der Waals surface area contributed by atoms with Crippen molar-refractivity contribution in [2.45, 2.75) is 19.9 Å². The molecule has 0 aliphatic heterocycles. The third-order valence-electron chi connectivity index (χ3n) is 3.33. The highest BCUT2D eigenvalue weighted by Crippen LogP contribution is 2.27. The highest BCUT2D eigenvalue weighted by Gasteiger charge is 2.13. The molecule has 0 amide bonds. The Labute approximate surface area is 128 Å². The van der Waals surface area contributed by atoms with Crippen LogP contribution in [0.3, 0.4) is 0 Å². The molecular formula is C16H18ClFN2O. The molecule has 21 heavy (non-hydrogen) atoms. The molecule has 0 saturated carbocycles. The third-order valence-corrected chi connectivity index (χ3v) is 3.57. The molecule has 112 valence electrons. The second kappa shape index (κ2) is 6.87. The Morgan fingerprint density at radius 3 is 2.71 bits per heavy atom. The lowest BCUT2D eigenvalue weighted by Gasteiger charge is -2.21. The topological polar surface area (TPSA) is 45.1 Å². The number of benzene rings is 1. The Morgan fingerprint density at radius 2 is 2.05 bits per heavy atom. The van der Waals surface area contributed by atoms with Crippen LogP contribution in [0, 0.1) is 11.7 Å². The van der Waals surface area contributed by atoms with Crippen LogP contribution in [0.4, 0.5) is 10.1 Å². The number of nitrogens with one attached hydrogen (secondary N) is 1. The lowest BCUT2D eigenvalue weighted by atomic mass is 10.0. The number of rotatable bonds is 5. The van der Waals surface area contributed by atoms with Gasteiger partial charge in [0, 0.05) is 28.5 Å². The van der Waals surface area contributed by atoms with Crippen LogP contribution in [0.25, 0.3) is 11.1 Å². The monoisotopic (exact) mass is 308 g/mol. The maximum absolute atomic E-state index is 13.9. The molecule has 0 bridgehead atoms. The molecule has 5 heteroatoms. The quantitative estimate of drug-likeness (QED) is 0.878. The zero-order chi connectivity index (χ0) is 15.4. The number of aliphatic hydroxyl groups excluding tert-OH is 1. The fourth-order valence-corrected chi connectivity index (χ4v) is 2.19. The predicted octanol–water partition coefficient (Wildman–Crippen LogP) is 3.97. The molecule has 1 atom stereocenters.